The monoisotopic (exact) mass is 246 g/mol. The molecule has 0 heterocycles. The zero-order valence-corrected chi connectivity index (χ0v) is 9.22. The number of alkyl halides is 1. The molecule has 1 saturated carbocycles. The Kier molecular flexibility index (Phi) is 3.76. The Bertz CT molecular complexity index is 392. The summed E-state index contributed by atoms with van der Waals surface area (Å²) in [7, 11) is 0. The molecule has 0 amide bonds. The van der Waals surface area contributed by atoms with E-state index in [4.69, 9.17) is 9.47 Å². The molecule has 2 rings (SSSR count). The van der Waals surface area contributed by atoms with Gasteiger partial charge in [-0.2, -0.15) is 8.78 Å². The molecular formula is C12H13F3O2. The predicted molar refractivity (Wildman–Crippen MR) is 56.0 cm³/mol. The summed E-state index contributed by atoms with van der Waals surface area (Å²) in [5.41, 5.74) is 0. The van der Waals surface area contributed by atoms with Crippen molar-refractivity contribution < 1.29 is 22.6 Å². The van der Waals surface area contributed by atoms with Gasteiger partial charge in [-0.3, -0.25) is 0 Å². The number of halogens is 3. The van der Waals surface area contributed by atoms with Gasteiger partial charge >= 0.3 is 0 Å². The largest absolute Gasteiger partial charge is 0.490 e. The zero-order chi connectivity index (χ0) is 12.3. The number of hydrogen-bond donors (Lipinski definition) is 0. The highest BCUT2D eigenvalue weighted by Gasteiger charge is 2.23. The van der Waals surface area contributed by atoms with Crippen LogP contribution in [0.5, 0.6) is 11.5 Å². The van der Waals surface area contributed by atoms with Gasteiger partial charge in [0.15, 0.2) is 11.5 Å². The molecule has 0 N–H and O–H groups in total. The third kappa shape index (κ3) is 3.05. The van der Waals surface area contributed by atoms with Crippen molar-refractivity contribution in [3.8, 4) is 11.5 Å². The zero-order valence-electron chi connectivity index (χ0n) is 9.22. The van der Waals surface area contributed by atoms with Gasteiger partial charge in [0, 0.05) is 0 Å². The summed E-state index contributed by atoms with van der Waals surface area (Å²) in [6, 6.07) is 2.55. The lowest BCUT2D eigenvalue weighted by Gasteiger charge is -2.10. The quantitative estimate of drug-likeness (QED) is 0.767. The number of hydrogen-bond acceptors (Lipinski definition) is 2. The Labute approximate surface area is 97.3 Å². The van der Waals surface area contributed by atoms with Gasteiger partial charge in [-0.25, -0.2) is 4.39 Å². The van der Waals surface area contributed by atoms with Crippen LogP contribution >= 0.6 is 0 Å². The van der Waals surface area contributed by atoms with Crippen molar-refractivity contribution in [3.05, 3.63) is 23.8 Å². The Morgan fingerprint density at radius 2 is 1.65 bits per heavy atom. The third-order valence-corrected chi connectivity index (χ3v) is 2.52. The molecule has 0 atom stereocenters. The maximum absolute atomic E-state index is 13.5. The highest BCUT2D eigenvalue weighted by Crippen LogP contribution is 2.32. The number of benzene rings is 1. The first-order valence-electron chi connectivity index (χ1n) is 5.52. The van der Waals surface area contributed by atoms with Crippen molar-refractivity contribution in [2.75, 3.05) is 19.9 Å². The first-order chi connectivity index (χ1) is 8.22. The van der Waals surface area contributed by atoms with Crippen LogP contribution in [0.15, 0.2) is 12.1 Å². The fourth-order valence-corrected chi connectivity index (χ4v) is 1.38. The van der Waals surface area contributed by atoms with E-state index in [1.54, 1.807) is 0 Å². The minimum absolute atomic E-state index is 0.123. The summed E-state index contributed by atoms with van der Waals surface area (Å²) < 4.78 is 48.6. The molecule has 1 fully saturated rings. The first kappa shape index (κ1) is 12.1. The van der Waals surface area contributed by atoms with Crippen molar-refractivity contribution in [2.24, 2.45) is 5.92 Å². The molecule has 1 aromatic rings. The van der Waals surface area contributed by atoms with Gasteiger partial charge < -0.3 is 9.47 Å². The lowest BCUT2D eigenvalue weighted by molar-refractivity contribution is 0.250. The second-order valence-corrected chi connectivity index (χ2v) is 3.98. The molecule has 2 nitrogen and oxygen atoms in total. The van der Waals surface area contributed by atoms with Gasteiger partial charge in [0.2, 0.25) is 11.6 Å². The standard InChI is InChI=1S/C12H13F3O2/c13-5-6-16-9-3-4-10(12(15)11(9)14)17-7-8-1-2-8/h3-4,8H,1-2,5-7H2. The first-order valence-corrected chi connectivity index (χ1v) is 5.52. The van der Waals surface area contributed by atoms with Crippen molar-refractivity contribution >= 4 is 0 Å². The summed E-state index contributed by atoms with van der Waals surface area (Å²) in [5.74, 6) is -2.17. The molecule has 0 aliphatic heterocycles. The maximum atomic E-state index is 13.5. The second kappa shape index (κ2) is 5.29. The van der Waals surface area contributed by atoms with Crippen LogP contribution in [0.1, 0.15) is 12.8 Å². The average Bonchev–Trinajstić information content (AvgIpc) is 3.14. The van der Waals surface area contributed by atoms with E-state index in [1.165, 1.54) is 12.1 Å². The molecule has 17 heavy (non-hydrogen) atoms. The van der Waals surface area contributed by atoms with E-state index in [9.17, 15) is 13.2 Å². The molecule has 0 saturated heterocycles. The Hall–Kier alpha value is -1.39. The summed E-state index contributed by atoms with van der Waals surface area (Å²) in [6.07, 6.45) is 2.14. The van der Waals surface area contributed by atoms with Crippen LogP contribution in [0, 0.1) is 17.6 Å². The van der Waals surface area contributed by atoms with E-state index >= 15 is 0 Å². The van der Waals surface area contributed by atoms with Crippen molar-refractivity contribution in [3.63, 3.8) is 0 Å². The molecule has 0 spiro atoms. The van der Waals surface area contributed by atoms with Crippen LogP contribution in [0.3, 0.4) is 0 Å². The lowest BCUT2D eigenvalue weighted by atomic mass is 10.3. The predicted octanol–water partition coefficient (Wildman–Crippen LogP) is 3.10. The van der Waals surface area contributed by atoms with Crippen LogP contribution in [0.2, 0.25) is 0 Å². The SMILES string of the molecule is FCCOc1ccc(OCC2CC2)c(F)c1F. The Morgan fingerprint density at radius 1 is 1.06 bits per heavy atom. The van der Waals surface area contributed by atoms with Gasteiger partial charge in [0.25, 0.3) is 0 Å². The van der Waals surface area contributed by atoms with Gasteiger partial charge in [0.05, 0.1) is 6.61 Å². The van der Waals surface area contributed by atoms with E-state index in [0.29, 0.717) is 12.5 Å². The van der Waals surface area contributed by atoms with E-state index in [0.717, 1.165) is 12.8 Å². The van der Waals surface area contributed by atoms with Gasteiger partial charge in [-0.15, -0.1) is 0 Å². The van der Waals surface area contributed by atoms with E-state index in [-0.39, 0.29) is 18.1 Å². The van der Waals surface area contributed by atoms with Crippen molar-refractivity contribution in [2.45, 2.75) is 12.8 Å². The molecule has 1 aliphatic carbocycles. The highest BCUT2D eigenvalue weighted by atomic mass is 19.2. The summed E-state index contributed by atoms with van der Waals surface area (Å²) in [6.45, 7) is -0.638. The summed E-state index contributed by atoms with van der Waals surface area (Å²) >= 11 is 0. The van der Waals surface area contributed by atoms with Crippen LogP contribution < -0.4 is 9.47 Å². The molecule has 1 aliphatic rings. The summed E-state index contributed by atoms with van der Waals surface area (Å²) in [5, 5.41) is 0. The number of rotatable bonds is 6. The van der Waals surface area contributed by atoms with Gasteiger partial charge in [0.1, 0.15) is 13.3 Å². The Balaban J connectivity index is 2.04. The molecule has 0 bridgehead atoms. The molecule has 1 aromatic carbocycles. The molecular weight excluding hydrogens is 233 g/mol. The average molecular weight is 246 g/mol. The number of ether oxygens (including phenoxy) is 2. The van der Waals surface area contributed by atoms with Crippen LogP contribution in [-0.2, 0) is 0 Å². The van der Waals surface area contributed by atoms with Crippen molar-refractivity contribution in [1.29, 1.82) is 0 Å². The van der Waals surface area contributed by atoms with E-state index in [2.05, 4.69) is 0 Å². The van der Waals surface area contributed by atoms with Crippen molar-refractivity contribution in [1.82, 2.24) is 0 Å². The molecule has 5 heteroatoms. The third-order valence-electron chi connectivity index (χ3n) is 2.52. The lowest BCUT2D eigenvalue weighted by Crippen LogP contribution is -2.05. The topological polar surface area (TPSA) is 18.5 Å². The molecule has 0 radical (unpaired) electrons. The van der Waals surface area contributed by atoms with Gasteiger partial charge in [-0.1, -0.05) is 0 Å². The van der Waals surface area contributed by atoms with Crippen LogP contribution in [-0.4, -0.2) is 19.9 Å². The fraction of sp³-hybridized carbons (Fsp3) is 0.500. The minimum Gasteiger partial charge on any atom is -0.490 e. The van der Waals surface area contributed by atoms with Gasteiger partial charge in [-0.05, 0) is 30.9 Å². The summed E-state index contributed by atoms with van der Waals surface area (Å²) in [4.78, 5) is 0. The second-order valence-electron chi connectivity index (χ2n) is 3.98. The minimum atomic E-state index is -1.13. The maximum Gasteiger partial charge on any atom is 0.204 e. The Morgan fingerprint density at radius 3 is 2.18 bits per heavy atom. The van der Waals surface area contributed by atoms with E-state index < -0.39 is 18.3 Å². The van der Waals surface area contributed by atoms with E-state index in [1.807, 2.05) is 0 Å². The molecule has 0 unspecified atom stereocenters. The van der Waals surface area contributed by atoms with Crippen LogP contribution in [0.25, 0.3) is 0 Å². The molecule has 94 valence electrons. The smallest absolute Gasteiger partial charge is 0.204 e. The normalized spacial score (nSPS) is 14.8. The molecule has 0 aromatic heterocycles. The highest BCUT2D eigenvalue weighted by molar-refractivity contribution is 5.35. The fourth-order valence-electron chi connectivity index (χ4n) is 1.38. The van der Waals surface area contributed by atoms with Crippen LogP contribution in [0.4, 0.5) is 13.2 Å².